The number of rotatable bonds is 5. The van der Waals surface area contributed by atoms with Crippen molar-refractivity contribution >= 4 is 0 Å². The maximum absolute atomic E-state index is 9.38. The first-order valence-corrected chi connectivity index (χ1v) is 8.13. The highest BCUT2D eigenvalue weighted by Crippen LogP contribution is 2.27. The molecule has 0 spiro atoms. The largest absolute Gasteiger partial charge is 0.472 e. The van der Waals surface area contributed by atoms with Crippen LogP contribution in [0.25, 0.3) is 0 Å². The highest BCUT2D eigenvalue weighted by Gasteiger charge is 2.18. The van der Waals surface area contributed by atoms with Gasteiger partial charge in [0, 0.05) is 12.5 Å². The van der Waals surface area contributed by atoms with E-state index in [1.807, 2.05) is 37.3 Å². The van der Waals surface area contributed by atoms with Gasteiger partial charge in [0.25, 0.3) is 0 Å². The maximum atomic E-state index is 9.38. The molecule has 0 saturated carbocycles. The van der Waals surface area contributed by atoms with E-state index in [1.54, 1.807) is 6.07 Å². The normalized spacial score (nSPS) is 17.1. The van der Waals surface area contributed by atoms with E-state index in [0.29, 0.717) is 36.1 Å². The lowest BCUT2D eigenvalue weighted by molar-refractivity contribution is -0.106. The zero-order valence-electron chi connectivity index (χ0n) is 13.7. The molecule has 1 atom stereocenters. The standard InChI is InChI=1S/C19H20N2O3/c1-14-17(24-18-9-5-6-10-22-18)11-16(12-20)19(21-14)23-13-15-7-3-2-4-8-15/h2-4,7-8,11,18H,5-6,9-10,13H2,1H3. The molecule has 1 aliphatic heterocycles. The Balaban J connectivity index is 1.73. The zero-order valence-corrected chi connectivity index (χ0v) is 13.7. The highest BCUT2D eigenvalue weighted by atomic mass is 16.7. The van der Waals surface area contributed by atoms with E-state index < -0.39 is 0 Å². The first-order chi connectivity index (χ1) is 11.8. The molecule has 0 bridgehead atoms. The number of nitrogens with zero attached hydrogens (tertiary/aromatic N) is 2. The Labute approximate surface area is 141 Å². The van der Waals surface area contributed by atoms with Crippen LogP contribution < -0.4 is 9.47 Å². The van der Waals surface area contributed by atoms with Crippen molar-refractivity contribution in [2.24, 2.45) is 0 Å². The Morgan fingerprint density at radius 1 is 1.29 bits per heavy atom. The van der Waals surface area contributed by atoms with Crippen molar-refractivity contribution in [1.29, 1.82) is 5.26 Å². The highest BCUT2D eigenvalue weighted by molar-refractivity contribution is 5.45. The topological polar surface area (TPSA) is 64.4 Å². The zero-order chi connectivity index (χ0) is 16.8. The lowest BCUT2D eigenvalue weighted by Gasteiger charge is -2.24. The van der Waals surface area contributed by atoms with Gasteiger partial charge in [0.15, 0.2) is 6.29 Å². The van der Waals surface area contributed by atoms with E-state index in [-0.39, 0.29) is 6.29 Å². The van der Waals surface area contributed by atoms with E-state index in [1.165, 1.54) is 0 Å². The second kappa shape index (κ2) is 7.80. The average Bonchev–Trinajstić information content (AvgIpc) is 2.63. The number of hydrogen-bond acceptors (Lipinski definition) is 5. The summed E-state index contributed by atoms with van der Waals surface area (Å²) in [6, 6.07) is 13.6. The predicted octanol–water partition coefficient (Wildman–Crippen LogP) is 3.75. The molecule has 0 N–H and O–H groups in total. The van der Waals surface area contributed by atoms with E-state index in [9.17, 15) is 5.26 Å². The van der Waals surface area contributed by atoms with Gasteiger partial charge in [-0.3, -0.25) is 0 Å². The molecule has 0 amide bonds. The summed E-state index contributed by atoms with van der Waals surface area (Å²) in [4.78, 5) is 4.40. The summed E-state index contributed by atoms with van der Waals surface area (Å²) < 4.78 is 17.2. The minimum atomic E-state index is -0.262. The number of aromatic nitrogens is 1. The van der Waals surface area contributed by atoms with Crippen molar-refractivity contribution in [1.82, 2.24) is 4.98 Å². The molecule has 24 heavy (non-hydrogen) atoms. The van der Waals surface area contributed by atoms with Gasteiger partial charge in [0.2, 0.25) is 5.88 Å². The van der Waals surface area contributed by atoms with Gasteiger partial charge < -0.3 is 14.2 Å². The smallest absolute Gasteiger partial charge is 0.232 e. The molecule has 1 aromatic heterocycles. The van der Waals surface area contributed by atoms with Crippen LogP contribution >= 0.6 is 0 Å². The van der Waals surface area contributed by atoms with Crippen LogP contribution in [0.5, 0.6) is 11.6 Å². The molecule has 0 radical (unpaired) electrons. The Kier molecular flexibility index (Phi) is 5.29. The second-order valence-corrected chi connectivity index (χ2v) is 5.72. The summed E-state index contributed by atoms with van der Waals surface area (Å²) in [5, 5.41) is 9.38. The number of hydrogen-bond donors (Lipinski definition) is 0. The fourth-order valence-electron chi connectivity index (χ4n) is 2.55. The molecular weight excluding hydrogens is 304 g/mol. The molecule has 2 heterocycles. The third-order valence-corrected chi connectivity index (χ3v) is 3.87. The van der Waals surface area contributed by atoms with Crippen LogP contribution in [-0.2, 0) is 11.3 Å². The molecule has 2 aromatic rings. The van der Waals surface area contributed by atoms with Crippen LogP contribution in [0.2, 0.25) is 0 Å². The maximum Gasteiger partial charge on any atom is 0.232 e. The summed E-state index contributed by atoms with van der Waals surface area (Å²) in [6.07, 6.45) is 2.74. The molecule has 5 nitrogen and oxygen atoms in total. The van der Waals surface area contributed by atoms with Gasteiger partial charge in [-0.2, -0.15) is 5.26 Å². The van der Waals surface area contributed by atoms with E-state index >= 15 is 0 Å². The predicted molar refractivity (Wildman–Crippen MR) is 88.7 cm³/mol. The van der Waals surface area contributed by atoms with Gasteiger partial charge >= 0.3 is 0 Å². The van der Waals surface area contributed by atoms with Crippen molar-refractivity contribution in [2.45, 2.75) is 39.1 Å². The lowest BCUT2D eigenvalue weighted by atomic mass is 10.2. The van der Waals surface area contributed by atoms with Crippen LogP contribution in [0, 0.1) is 18.3 Å². The van der Waals surface area contributed by atoms with Gasteiger partial charge in [-0.15, -0.1) is 0 Å². The first kappa shape index (κ1) is 16.3. The number of aryl methyl sites for hydroxylation is 1. The molecule has 5 heteroatoms. The summed E-state index contributed by atoms with van der Waals surface area (Å²) in [5.74, 6) is 0.904. The lowest BCUT2D eigenvalue weighted by Crippen LogP contribution is -2.25. The molecule has 0 aliphatic carbocycles. The molecule has 124 valence electrons. The quantitative estimate of drug-likeness (QED) is 0.838. The Morgan fingerprint density at radius 3 is 2.83 bits per heavy atom. The van der Waals surface area contributed by atoms with Crippen molar-refractivity contribution in [3.63, 3.8) is 0 Å². The summed E-state index contributed by atoms with van der Waals surface area (Å²) in [5.41, 5.74) is 2.07. The van der Waals surface area contributed by atoms with Crippen LogP contribution in [0.3, 0.4) is 0 Å². The van der Waals surface area contributed by atoms with Crippen molar-refractivity contribution in [2.75, 3.05) is 6.61 Å². The average molecular weight is 324 g/mol. The van der Waals surface area contributed by atoms with Gasteiger partial charge in [0.05, 0.1) is 12.3 Å². The Bertz CT molecular complexity index is 719. The van der Waals surface area contributed by atoms with Gasteiger partial charge in [-0.25, -0.2) is 4.98 Å². The minimum absolute atomic E-state index is 0.262. The first-order valence-electron chi connectivity index (χ1n) is 8.13. The third-order valence-electron chi connectivity index (χ3n) is 3.87. The van der Waals surface area contributed by atoms with Crippen molar-refractivity contribution in [3.8, 4) is 17.7 Å². The molecular formula is C19H20N2O3. The number of pyridine rings is 1. The molecule has 3 rings (SSSR count). The summed E-state index contributed by atoms with van der Waals surface area (Å²) in [6.45, 7) is 2.92. The van der Waals surface area contributed by atoms with Gasteiger partial charge in [-0.1, -0.05) is 30.3 Å². The number of benzene rings is 1. The van der Waals surface area contributed by atoms with E-state index in [0.717, 1.165) is 24.8 Å². The summed E-state index contributed by atoms with van der Waals surface area (Å²) in [7, 11) is 0. The molecule has 1 saturated heterocycles. The van der Waals surface area contributed by atoms with Crippen molar-refractivity contribution < 1.29 is 14.2 Å². The van der Waals surface area contributed by atoms with E-state index in [2.05, 4.69) is 11.1 Å². The van der Waals surface area contributed by atoms with Crippen LogP contribution in [0.15, 0.2) is 36.4 Å². The Hall–Kier alpha value is -2.58. The third kappa shape index (κ3) is 4.03. The fraction of sp³-hybridized carbons (Fsp3) is 0.368. The van der Waals surface area contributed by atoms with Crippen molar-refractivity contribution in [3.05, 3.63) is 53.2 Å². The summed E-state index contributed by atoms with van der Waals surface area (Å²) >= 11 is 0. The van der Waals surface area contributed by atoms with Crippen LogP contribution in [-0.4, -0.2) is 17.9 Å². The van der Waals surface area contributed by atoms with Crippen LogP contribution in [0.1, 0.15) is 36.1 Å². The minimum Gasteiger partial charge on any atom is -0.472 e. The Morgan fingerprint density at radius 2 is 2.12 bits per heavy atom. The number of ether oxygens (including phenoxy) is 3. The fourth-order valence-corrected chi connectivity index (χ4v) is 2.55. The number of nitriles is 1. The molecule has 1 aromatic carbocycles. The second-order valence-electron chi connectivity index (χ2n) is 5.72. The molecule has 1 unspecified atom stereocenters. The SMILES string of the molecule is Cc1nc(OCc2ccccc2)c(C#N)cc1OC1CCCCO1. The monoisotopic (exact) mass is 324 g/mol. The molecule has 1 aliphatic rings. The van der Waals surface area contributed by atoms with Gasteiger partial charge in [-0.05, 0) is 25.3 Å². The van der Waals surface area contributed by atoms with Gasteiger partial charge in [0.1, 0.15) is 24.0 Å². The van der Waals surface area contributed by atoms with E-state index in [4.69, 9.17) is 14.2 Å². The van der Waals surface area contributed by atoms with Crippen LogP contribution in [0.4, 0.5) is 0 Å². The molecule has 1 fully saturated rings.